The Morgan fingerprint density at radius 3 is 2.24 bits per heavy atom. The van der Waals surface area contributed by atoms with Gasteiger partial charge in [0.2, 0.25) is 5.91 Å². The summed E-state index contributed by atoms with van der Waals surface area (Å²) < 4.78 is 7.48. The van der Waals surface area contributed by atoms with Crippen LogP contribution in [0.2, 0.25) is 0 Å². The topological polar surface area (TPSA) is 66.8 Å². The summed E-state index contributed by atoms with van der Waals surface area (Å²) in [6.45, 7) is 3.75. The molecule has 188 valence electrons. The van der Waals surface area contributed by atoms with E-state index >= 15 is 0 Å². The maximum absolute atomic E-state index is 14.1. The molecule has 4 aromatic rings. The third-order valence-corrected chi connectivity index (χ3v) is 6.63. The zero-order valence-electron chi connectivity index (χ0n) is 21.2. The van der Waals surface area contributed by atoms with Gasteiger partial charge in [-0.25, -0.2) is 4.79 Å². The molecule has 0 bridgehead atoms. The van der Waals surface area contributed by atoms with E-state index in [1.807, 2.05) is 116 Å². The van der Waals surface area contributed by atoms with Crippen LogP contribution in [-0.4, -0.2) is 41.1 Å². The van der Waals surface area contributed by atoms with Gasteiger partial charge in [0.1, 0.15) is 18.3 Å². The van der Waals surface area contributed by atoms with Crippen molar-refractivity contribution in [2.75, 3.05) is 23.9 Å². The highest BCUT2D eigenvalue weighted by molar-refractivity contribution is 6.01. The minimum Gasteiger partial charge on any atom is -0.497 e. The number of carbonyl (C=O) groups is 2. The number of benzene rings is 3. The number of urea groups is 1. The van der Waals surface area contributed by atoms with Crippen molar-refractivity contribution in [2.45, 2.75) is 25.9 Å². The van der Waals surface area contributed by atoms with Crippen molar-refractivity contribution in [3.8, 4) is 11.4 Å². The van der Waals surface area contributed by atoms with Crippen LogP contribution in [0.5, 0.6) is 5.75 Å². The van der Waals surface area contributed by atoms with Gasteiger partial charge in [-0.2, -0.15) is 0 Å². The predicted octanol–water partition coefficient (Wildman–Crippen LogP) is 5.86. The lowest BCUT2D eigenvalue weighted by Gasteiger charge is -2.40. The van der Waals surface area contributed by atoms with Crippen LogP contribution in [0.4, 0.5) is 16.2 Å². The van der Waals surface area contributed by atoms with Gasteiger partial charge in [-0.15, -0.1) is 0 Å². The first-order chi connectivity index (χ1) is 18.0. The molecule has 0 fully saturated rings. The average Bonchev–Trinajstić information content (AvgIpc) is 3.41. The number of para-hydroxylation sites is 3. The zero-order chi connectivity index (χ0) is 25.9. The Bertz CT molecular complexity index is 1400. The second-order valence-corrected chi connectivity index (χ2v) is 9.25. The van der Waals surface area contributed by atoms with E-state index in [0.717, 1.165) is 28.4 Å². The first-order valence-corrected chi connectivity index (χ1v) is 12.3. The highest BCUT2D eigenvalue weighted by Crippen LogP contribution is 2.42. The monoisotopic (exact) mass is 494 g/mol. The molecule has 0 aliphatic carbocycles. The van der Waals surface area contributed by atoms with Gasteiger partial charge < -0.3 is 19.5 Å². The number of rotatable bonds is 6. The number of ether oxygens (including phenoxy) is 1. The molecule has 0 radical (unpaired) electrons. The Kier molecular flexibility index (Phi) is 6.68. The van der Waals surface area contributed by atoms with Crippen LogP contribution in [0.3, 0.4) is 0 Å². The number of fused-ring (bicyclic) bond motifs is 3. The van der Waals surface area contributed by atoms with Crippen LogP contribution in [-0.2, 0) is 4.79 Å². The second kappa shape index (κ2) is 10.2. The van der Waals surface area contributed by atoms with Gasteiger partial charge in [-0.05, 0) is 67.9 Å². The molecule has 1 aliphatic rings. The molecule has 1 aromatic heterocycles. The third kappa shape index (κ3) is 4.68. The van der Waals surface area contributed by atoms with E-state index in [0.29, 0.717) is 5.69 Å². The Balaban J connectivity index is 1.52. The van der Waals surface area contributed by atoms with E-state index in [-0.39, 0.29) is 30.6 Å². The number of hydrogen-bond acceptors (Lipinski definition) is 3. The van der Waals surface area contributed by atoms with Crippen molar-refractivity contribution in [1.82, 2.24) is 9.47 Å². The van der Waals surface area contributed by atoms with Gasteiger partial charge in [-0.3, -0.25) is 9.69 Å². The lowest BCUT2D eigenvalue weighted by atomic mass is 9.97. The molecule has 7 heteroatoms. The minimum atomic E-state index is -0.366. The number of aromatic nitrogens is 1. The summed E-state index contributed by atoms with van der Waals surface area (Å²) in [5.41, 5.74) is 4.33. The van der Waals surface area contributed by atoms with Crippen LogP contribution < -0.4 is 15.0 Å². The van der Waals surface area contributed by atoms with Crippen molar-refractivity contribution in [3.63, 3.8) is 0 Å². The van der Waals surface area contributed by atoms with Crippen LogP contribution in [0.15, 0.2) is 97.2 Å². The molecular weight excluding hydrogens is 464 g/mol. The minimum absolute atomic E-state index is 0.0714. The van der Waals surface area contributed by atoms with E-state index in [1.54, 1.807) is 12.0 Å². The number of hydrogen-bond donors (Lipinski definition) is 1. The van der Waals surface area contributed by atoms with Gasteiger partial charge in [0, 0.05) is 17.9 Å². The molecule has 1 aliphatic heterocycles. The largest absolute Gasteiger partial charge is 0.497 e. The van der Waals surface area contributed by atoms with Gasteiger partial charge >= 0.3 is 6.03 Å². The van der Waals surface area contributed by atoms with Crippen molar-refractivity contribution < 1.29 is 14.3 Å². The molecule has 3 amide bonds. The number of amides is 3. The summed E-state index contributed by atoms with van der Waals surface area (Å²) in [7, 11) is 1.63. The van der Waals surface area contributed by atoms with Crippen LogP contribution >= 0.6 is 0 Å². The normalized spacial score (nSPS) is 14.1. The van der Waals surface area contributed by atoms with E-state index in [1.165, 1.54) is 0 Å². The van der Waals surface area contributed by atoms with Crippen LogP contribution in [0, 0.1) is 0 Å². The van der Waals surface area contributed by atoms with Gasteiger partial charge in [0.25, 0.3) is 0 Å². The lowest BCUT2D eigenvalue weighted by molar-refractivity contribution is -0.119. The number of nitrogens with zero attached hydrogens (tertiary/aromatic N) is 3. The van der Waals surface area contributed by atoms with Crippen molar-refractivity contribution in [2.24, 2.45) is 0 Å². The quantitative estimate of drug-likeness (QED) is 0.365. The molecule has 0 saturated carbocycles. The van der Waals surface area contributed by atoms with E-state index < -0.39 is 0 Å². The standard InChI is InChI=1S/C30H30N4O3/c1-21(2)33(30(36)31-23-10-5-4-6-11-23)20-28(35)34-26-13-8-7-12-25(26)32-19-9-14-27(32)29(34)22-15-17-24(37-3)18-16-22/h4-19,21,29H,20H2,1-3H3,(H,31,36). The summed E-state index contributed by atoms with van der Waals surface area (Å²) in [6.07, 6.45) is 2.01. The third-order valence-electron chi connectivity index (χ3n) is 6.63. The van der Waals surface area contributed by atoms with Crippen LogP contribution in [0.1, 0.15) is 31.1 Å². The average molecular weight is 495 g/mol. The number of carbonyl (C=O) groups excluding carboxylic acids is 2. The molecule has 5 rings (SSSR count). The molecule has 7 nitrogen and oxygen atoms in total. The second-order valence-electron chi connectivity index (χ2n) is 9.25. The first-order valence-electron chi connectivity index (χ1n) is 12.3. The zero-order valence-corrected chi connectivity index (χ0v) is 21.2. The Hall–Kier alpha value is -4.52. The maximum atomic E-state index is 14.1. The number of nitrogens with one attached hydrogen (secondary N) is 1. The molecular formula is C30H30N4O3. The SMILES string of the molecule is COc1ccc(C2c3cccn3-c3ccccc3N2C(=O)CN(C(=O)Nc2ccccc2)C(C)C)cc1. The summed E-state index contributed by atoms with van der Waals surface area (Å²) in [5.74, 6) is 0.578. The lowest BCUT2D eigenvalue weighted by Crippen LogP contribution is -2.49. The molecule has 1 atom stereocenters. The molecule has 0 spiro atoms. The summed E-state index contributed by atoms with van der Waals surface area (Å²) in [5, 5.41) is 2.92. The van der Waals surface area contributed by atoms with Crippen molar-refractivity contribution in [1.29, 1.82) is 0 Å². The smallest absolute Gasteiger partial charge is 0.322 e. The van der Waals surface area contributed by atoms with Crippen molar-refractivity contribution >= 4 is 23.3 Å². The van der Waals surface area contributed by atoms with E-state index in [2.05, 4.69) is 9.88 Å². The molecule has 3 aromatic carbocycles. The fourth-order valence-corrected chi connectivity index (χ4v) is 4.79. The molecule has 1 N–H and O–H groups in total. The van der Waals surface area contributed by atoms with Crippen LogP contribution in [0.25, 0.3) is 5.69 Å². The predicted molar refractivity (Wildman–Crippen MR) is 145 cm³/mol. The molecule has 2 heterocycles. The fourth-order valence-electron chi connectivity index (χ4n) is 4.79. The highest BCUT2D eigenvalue weighted by Gasteiger charge is 2.37. The Morgan fingerprint density at radius 1 is 0.892 bits per heavy atom. The maximum Gasteiger partial charge on any atom is 0.322 e. The molecule has 1 unspecified atom stereocenters. The first kappa shape index (κ1) is 24.2. The molecule has 0 saturated heterocycles. The Labute approximate surface area is 216 Å². The summed E-state index contributed by atoms with van der Waals surface area (Å²) in [6, 6.07) is 28.1. The number of methoxy groups -OCH3 is 1. The summed E-state index contributed by atoms with van der Waals surface area (Å²) in [4.78, 5) is 30.7. The van der Waals surface area contributed by atoms with Gasteiger partial charge in [-0.1, -0.05) is 42.5 Å². The van der Waals surface area contributed by atoms with E-state index in [9.17, 15) is 9.59 Å². The van der Waals surface area contributed by atoms with Gasteiger partial charge in [0.05, 0.1) is 24.2 Å². The summed E-state index contributed by atoms with van der Waals surface area (Å²) >= 11 is 0. The molecule has 37 heavy (non-hydrogen) atoms. The van der Waals surface area contributed by atoms with E-state index in [4.69, 9.17) is 4.74 Å². The van der Waals surface area contributed by atoms with Gasteiger partial charge in [0.15, 0.2) is 0 Å². The van der Waals surface area contributed by atoms with Crippen molar-refractivity contribution in [3.05, 3.63) is 108 Å². The number of anilines is 2. The highest BCUT2D eigenvalue weighted by atomic mass is 16.5. The Morgan fingerprint density at radius 2 is 1.57 bits per heavy atom. The fraction of sp³-hybridized carbons (Fsp3) is 0.200.